The molecule has 2 aliphatic rings. The summed E-state index contributed by atoms with van der Waals surface area (Å²) in [5.41, 5.74) is 2.68. The lowest BCUT2D eigenvalue weighted by Crippen LogP contribution is -2.64. The minimum Gasteiger partial charge on any atom is -0.508 e. The number of aromatic nitrogens is 2. The Morgan fingerprint density at radius 2 is 1.87 bits per heavy atom. The highest BCUT2D eigenvalue weighted by Gasteiger charge is 2.56. The van der Waals surface area contributed by atoms with Crippen molar-refractivity contribution in [3.05, 3.63) is 71.7 Å². The van der Waals surface area contributed by atoms with Gasteiger partial charge in [-0.3, -0.25) is 9.59 Å². The van der Waals surface area contributed by atoms with Gasteiger partial charge in [-0.25, -0.2) is 9.07 Å². The Morgan fingerprint density at radius 1 is 1.13 bits per heavy atom. The Bertz CT molecular complexity index is 1190. The quantitative estimate of drug-likeness (QED) is 0.699. The largest absolute Gasteiger partial charge is 0.508 e. The fourth-order valence-corrected chi connectivity index (χ4v) is 4.81. The molecule has 0 bridgehead atoms. The molecule has 1 N–H and O–H groups in total. The first-order chi connectivity index (χ1) is 14.8. The summed E-state index contributed by atoms with van der Waals surface area (Å²) in [6.45, 7) is 3.01. The number of phenols is 1. The second-order valence-electron chi connectivity index (χ2n) is 8.73. The lowest BCUT2D eigenvalue weighted by atomic mass is 9.57. The summed E-state index contributed by atoms with van der Waals surface area (Å²) in [5, 5.41) is 14.0. The van der Waals surface area contributed by atoms with Gasteiger partial charge in [-0.05, 0) is 49.6 Å². The Balaban J connectivity index is 1.20. The molecule has 0 atom stereocenters. The van der Waals surface area contributed by atoms with Crippen LogP contribution >= 0.6 is 0 Å². The zero-order valence-electron chi connectivity index (χ0n) is 17.1. The number of nitrogens with zero attached hydrogens (tertiary/aromatic N) is 3. The average Bonchev–Trinajstić information content (AvgIpc) is 3.17. The van der Waals surface area contributed by atoms with Crippen molar-refractivity contribution >= 4 is 11.8 Å². The van der Waals surface area contributed by atoms with Crippen molar-refractivity contribution in [2.24, 2.45) is 11.3 Å². The van der Waals surface area contributed by atoms with Crippen LogP contribution in [0.3, 0.4) is 0 Å². The minimum absolute atomic E-state index is 0.0331. The molecule has 2 heterocycles. The molecule has 1 amide bonds. The number of carbonyl (C=O) groups excluding carboxylic acids is 2. The topological polar surface area (TPSA) is 75.4 Å². The third-order valence-corrected chi connectivity index (χ3v) is 6.46. The first-order valence-electron chi connectivity index (χ1n) is 10.3. The molecule has 7 heteroatoms. The molecule has 3 aromatic rings. The monoisotopic (exact) mass is 419 g/mol. The first-order valence-corrected chi connectivity index (χ1v) is 10.3. The third kappa shape index (κ3) is 3.30. The number of likely N-dealkylation sites (tertiary alicyclic amines) is 1. The van der Waals surface area contributed by atoms with Gasteiger partial charge in [0.15, 0.2) is 0 Å². The normalized spacial score (nSPS) is 17.3. The van der Waals surface area contributed by atoms with E-state index in [-0.39, 0.29) is 28.6 Å². The van der Waals surface area contributed by atoms with Gasteiger partial charge < -0.3 is 10.0 Å². The van der Waals surface area contributed by atoms with Crippen molar-refractivity contribution in [2.75, 3.05) is 13.1 Å². The zero-order valence-corrected chi connectivity index (χ0v) is 17.1. The van der Waals surface area contributed by atoms with Crippen LogP contribution in [0.15, 0.2) is 54.7 Å². The van der Waals surface area contributed by atoms with Crippen LogP contribution in [-0.4, -0.2) is 44.7 Å². The van der Waals surface area contributed by atoms with Crippen molar-refractivity contribution in [1.82, 2.24) is 14.7 Å². The van der Waals surface area contributed by atoms with E-state index in [4.69, 9.17) is 0 Å². The lowest BCUT2D eigenvalue weighted by molar-refractivity contribution is -0.0688. The van der Waals surface area contributed by atoms with E-state index in [1.807, 2.05) is 37.3 Å². The number of hydrogen-bond donors (Lipinski definition) is 1. The summed E-state index contributed by atoms with van der Waals surface area (Å²) in [5.74, 6) is -1.37. The van der Waals surface area contributed by atoms with Crippen molar-refractivity contribution in [3.8, 4) is 17.0 Å². The summed E-state index contributed by atoms with van der Waals surface area (Å²) in [7, 11) is 0. The average molecular weight is 419 g/mol. The summed E-state index contributed by atoms with van der Waals surface area (Å²) in [6.07, 6.45) is 3.09. The number of hydrogen-bond acceptors (Lipinski definition) is 4. The van der Waals surface area contributed by atoms with Gasteiger partial charge in [0.2, 0.25) is 5.91 Å². The van der Waals surface area contributed by atoms with Crippen molar-refractivity contribution in [2.45, 2.75) is 19.8 Å². The molecule has 1 aliphatic carbocycles. The predicted octanol–water partition coefficient (Wildman–Crippen LogP) is 3.90. The van der Waals surface area contributed by atoms with Crippen LogP contribution in [0.25, 0.3) is 11.3 Å². The zero-order chi connectivity index (χ0) is 21.8. The molecule has 5 rings (SSSR count). The van der Waals surface area contributed by atoms with Crippen LogP contribution < -0.4 is 0 Å². The van der Waals surface area contributed by atoms with Gasteiger partial charge in [-0.1, -0.05) is 24.3 Å². The Kier molecular flexibility index (Phi) is 4.43. The molecule has 0 unspecified atom stereocenters. The van der Waals surface area contributed by atoms with Crippen LogP contribution in [0.4, 0.5) is 4.39 Å². The number of phenolic OH excluding ortho intramolecular Hbond substituents is 1. The standard InChI is InChI=1S/C24H22FN3O3/c1-15-4-2-3-5-18(15)21-8-9-28(26-21)22(30)16-11-24(12-16)13-27(14-24)23(31)19-10-17(29)6-7-20(19)25/h2-10,16,29H,11-14H2,1H3. The molecule has 1 aromatic heterocycles. The number of aryl methyl sites for hydroxylation is 1. The van der Waals surface area contributed by atoms with Crippen LogP contribution in [-0.2, 0) is 0 Å². The molecular weight excluding hydrogens is 397 g/mol. The summed E-state index contributed by atoms with van der Waals surface area (Å²) in [4.78, 5) is 26.9. The van der Waals surface area contributed by atoms with E-state index in [0.717, 1.165) is 29.0 Å². The van der Waals surface area contributed by atoms with E-state index in [1.165, 1.54) is 10.7 Å². The highest BCUT2D eigenvalue weighted by molar-refractivity contribution is 5.95. The summed E-state index contributed by atoms with van der Waals surface area (Å²) < 4.78 is 15.3. The molecule has 6 nitrogen and oxygen atoms in total. The van der Waals surface area contributed by atoms with Crippen LogP contribution in [0.2, 0.25) is 0 Å². The van der Waals surface area contributed by atoms with E-state index in [2.05, 4.69) is 5.10 Å². The number of aromatic hydroxyl groups is 1. The van der Waals surface area contributed by atoms with Gasteiger partial charge in [0.1, 0.15) is 11.6 Å². The SMILES string of the molecule is Cc1ccccc1-c1ccn(C(=O)C2CC3(C2)CN(C(=O)c2cc(O)ccc2F)C3)n1. The van der Waals surface area contributed by atoms with Gasteiger partial charge in [0.25, 0.3) is 5.91 Å². The second kappa shape index (κ2) is 7.04. The molecule has 31 heavy (non-hydrogen) atoms. The van der Waals surface area contributed by atoms with E-state index in [9.17, 15) is 19.1 Å². The number of carbonyl (C=O) groups is 2. The van der Waals surface area contributed by atoms with Crippen LogP contribution in [0, 0.1) is 24.1 Å². The summed E-state index contributed by atoms with van der Waals surface area (Å²) in [6, 6.07) is 13.2. The molecule has 1 saturated heterocycles. The molecule has 2 fully saturated rings. The maximum absolute atomic E-state index is 13.9. The third-order valence-electron chi connectivity index (χ3n) is 6.46. The Morgan fingerprint density at radius 3 is 2.61 bits per heavy atom. The maximum Gasteiger partial charge on any atom is 0.257 e. The van der Waals surface area contributed by atoms with Crippen molar-refractivity contribution in [3.63, 3.8) is 0 Å². The molecule has 1 spiro atoms. The fraction of sp³-hybridized carbons (Fsp3) is 0.292. The highest BCUT2D eigenvalue weighted by Crippen LogP contribution is 2.52. The lowest BCUT2D eigenvalue weighted by Gasteiger charge is -2.58. The molecule has 1 saturated carbocycles. The van der Waals surface area contributed by atoms with Gasteiger partial charge in [-0.2, -0.15) is 5.10 Å². The highest BCUT2D eigenvalue weighted by atomic mass is 19.1. The van der Waals surface area contributed by atoms with Crippen LogP contribution in [0.5, 0.6) is 5.75 Å². The molecule has 1 aliphatic heterocycles. The van der Waals surface area contributed by atoms with Crippen molar-refractivity contribution < 1.29 is 19.1 Å². The second-order valence-corrected chi connectivity index (χ2v) is 8.73. The smallest absolute Gasteiger partial charge is 0.257 e. The maximum atomic E-state index is 13.9. The number of amides is 1. The number of halogens is 1. The minimum atomic E-state index is -0.645. The van der Waals surface area contributed by atoms with Crippen molar-refractivity contribution in [1.29, 1.82) is 0 Å². The van der Waals surface area contributed by atoms with E-state index < -0.39 is 11.7 Å². The molecule has 0 radical (unpaired) electrons. The Labute approximate surface area is 178 Å². The van der Waals surface area contributed by atoms with Gasteiger partial charge in [-0.15, -0.1) is 0 Å². The number of benzene rings is 2. The van der Waals surface area contributed by atoms with E-state index >= 15 is 0 Å². The molecule has 2 aromatic carbocycles. The van der Waals surface area contributed by atoms with Gasteiger partial charge >= 0.3 is 0 Å². The Hall–Kier alpha value is -3.48. The molecule has 158 valence electrons. The molecular formula is C24H22FN3O3. The first kappa shape index (κ1) is 19.5. The van der Waals surface area contributed by atoms with Crippen LogP contribution in [0.1, 0.15) is 33.6 Å². The predicted molar refractivity (Wildman–Crippen MR) is 112 cm³/mol. The summed E-state index contributed by atoms with van der Waals surface area (Å²) >= 11 is 0. The number of rotatable bonds is 3. The van der Waals surface area contributed by atoms with Gasteiger partial charge in [0, 0.05) is 36.2 Å². The fourth-order valence-electron chi connectivity index (χ4n) is 4.81. The van der Waals surface area contributed by atoms with E-state index in [0.29, 0.717) is 25.9 Å². The van der Waals surface area contributed by atoms with E-state index in [1.54, 1.807) is 11.1 Å². The van der Waals surface area contributed by atoms with Gasteiger partial charge in [0.05, 0.1) is 11.3 Å².